The van der Waals surface area contributed by atoms with Crippen molar-refractivity contribution in [1.29, 1.82) is 0 Å². The minimum atomic E-state index is -3.77. The summed E-state index contributed by atoms with van der Waals surface area (Å²) >= 11 is 11.7. The van der Waals surface area contributed by atoms with Crippen molar-refractivity contribution in [2.75, 3.05) is 11.4 Å². The quantitative estimate of drug-likeness (QED) is 0.852. The maximum absolute atomic E-state index is 12.9. The Morgan fingerprint density at radius 1 is 1.00 bits per heavy atom. The van der Waals surface area contributed by atoms with Crippen LogP contribution in [0.5, 0.6) is 0 Å². The highest BCUT2D eigenvalue weighted by Gasteiger charge is 2.21. The van der Waals surface area contributed by atoms with Gasteiger partial charge in [0, 0.05) is 7.05 Å². The smallest absolute Gasteiger partial charge is 0.264 e. The predicted molar refractivity (Wildman–Crippen MR) is 78.5 cm³/mol. The molecule has 0 spiro atoms. The molecule has 0 amide bonds. The molecule has 0 aliphatic heterocycles. The average Bonchev–Trinajstić information content (AvgIpc) is 2.41. The summed E-state index contributed by atoms with van der Waals surface area (Å²) in [4.78, 5) is -0.00697. The van der Waals surface area contributed by atoms with E-state index in [1.54, 1.807) is 0 Å². The molecule has 0 radical (unpaired) electrons. The van der Waals surface area contributed by atoms with Gasteiger partial charge in [0.2, 0.25) is 0 Å². The van der Waals surface area contributed by atoms with E-state index in [1.165, 1.54) is 37.4 Å². The highest BCUT2D eigenvalue weighted by Crippen LogP contribution is 2.29. The molecule has 0 heterocycles. The van der Waals surface area contributed by atoms with Gasteiger partial charge in [-0.1, -0.05) is 23.2 Å². The fourth-order valence-corrected chi connectivity index (χ4v) is 3.06. The van der Waals surface area contributed by atoms with E-state index in [4.69, 9.17) is 23.2 Å². The zero-order chi connectivity index (χ0) is 14.9. The first-order valence-electron chi connectivity index (χ1n) is 5.52. The van der Waals surface area contributed by atoms with Gasteiger partial charge in [-0.05, 0) is 42.5 Å². The van der Waals surface area contributed by atoms with Crippen molar-refractivity contribution in [2.24, 2.45) is 0 Å². The third kappa shape index (κ3) is 2.90. The standard InChI is InChI=1S/C13H10Cl2FNO2S/c1-17(10-4-7-12(14)13(15)8-10)20(18,19)11-5-2-9(16)3-6-11/h2-8H,1H3. The lowest BCUT2D eigenvalue weighted by atomic mass is 10.3. The van der Waals surface area contributed by atoms with Gasteiger partial charge in [-0.15, -0.1) is 0 Å². The third-order valence-electron chi connectivity index (χ3n) is 2.74. The maximum atomic E-state index is 12.9. The second-order valence-electron chi connectivity index (χ2n) is 4.02. The number of sulfonamides is 1. The molecular formula is C13H10Cl2FNO2S. The molecule has 0 atom stereocenters. The Hall–Kier alpha value is -1.30. The van der Waals surface area contributed by atoms with E-state index in [0.717, 1.165) is 16.4 Å². The van der Waals surface area contributed by atoms with Crippen molar-refractivity contribution in [3.63, 3.8) is 0 Å². The molecule has 2 aromatic rings. The minimum Gasteiger partial charge on any atom is -0.269 e. The SMILES string of the molecule is CN(c1ccc(Cl)c(Cl)c1)S(=O)(=O)c1ccc(F)cc1. The van der Waals surface area contributed by atoms with Gasteiger partial charge in [-0.2, -0.15) is 0 Å². The van der Waals surface area contributed by atoms with Gasteiger partial charge in [-0.25, -0.2) is 12.8 Å². The molecule has 0 aliphatic rings. The summed E-state index contributed by atoms with van der Waals surface area (Å²) in [6.07, 6.45) is 0. The molecule has 0 saturated heterocycles. The van der Waals surface area contributed by atoms with Crippen LogP contribution in [0.25, 0.3) is 0 Å². The van der Waals surface area contributed by atoms with Gasteiger partial charge in [0.25, 0.3) is 10.0 Å². The Bertz CT molecular complexity index is 733. The summed E-state index contributed by atoms with van der Waals surface area (Å²) in [6, 6.07) is 9.10. The molecule has 0 fully saturated rings. The summed E-state index contributed by atoms with van der Waals surface area (Å²) in [5, 5.41) is 0.591. The van der Waals surface area contributed by atoms with Crippen molar-refractivity contribution in [2.45, 2.75) is 4.90 Å². The van der Waals surface area contributed by atoms with E-state index >= 15 is 0 Å². The van der Waals surface area contributed by atoms with Crippen molar-refractivity contribution in [3.05, 3.63) is 58.3 Å². The number of rotatable bonds is 3. The Labute approximate surface area is 126 Å². The average molecular weight is 334 g/mol. The number of benzene rings is 2. The van der Waals surface area contributed by atoms with Gasteiger partial charge in [0.05, 0.1) is 20.6 Å². The second-order valence-corrected chi connectivity index (χ2v) is 6.81. The first kappa shape index (κ1) is 15.1. The molecule has 3 nitrogen and oxygen atoms in total. The van der Waals surface area contributed by atoms with Crippen molar-refractivity contribution in [1.82, 2.24) is 0 Å². The van der Waals surface area contributed by atoms with Crippen LogP contribution < -0.4 is 4.31 Å². The lowest BCUT2D eigenvalue weighted by molar-refractivity contribution is 0.593. The summed E-state index contributed by atoms with van der Waals surface area (Å²) in [5.41, 5.74) is 0.365. The third-order valence-corrected chi connectivity index (χ3v) is 5.28. The molecule has 0 unspecified atom stereocenters. The number of nitrogens with zero attached hydrogens (tertiary/aromatic N) is 1. The number of hydrogen-bond acceptors (Lipinski definition) is 2. The highest BCUT2D eigenvalue weighted by molar-refractivity contribution is 7.92. The topological polar surface area (TPSA) is 37.4 Å². The molecule has 0 bridgehead atoms. The lowest BCUT2D eigenvalue weighted by Crippen LogP contribution is -2.26. The fourth-order valence-electron chi connectivity index (χ4n) is 1.58. The molecule has 0 aliphatic carbocycles. The van der Waals surface area contributed by atoms with Gasteiger partial charge in [0.1, 0.15) is 5.82 Å². The first-order chi connectivity index (χ1) is 9.32. The van der Waals surface area contributed by atoms with Crippen LogP contribution in [0.4, 0.5) is 10.1 Å². The second kappa shape index (κ2) is 5.60. The number of anilines is 1. The monoisotopic (exact) mass is 333 g/mol. The maximum Gasteiger partial charge on any atom is 0.264 e. The summed E-state index contributed by atoms with van der Waals surface area (Å²) in [5.74, 6) is -0.499. The van der Waals surface area contributed by atoms with Gasteiger partial charge >= 0.3 is 0 Å². The molecule has 0 saturated carbocycles. The van der Waals surface area contributed by atoms with Crippen LogP contribution in [0, 0.1) is 5.82 Å². The number of halogens is 3. The Morgan fingerprint density at radius 2 is 1.60 bits per heavy atom. The lowest BCUT2D eigenvalue weighted by Gasteiger charge is -2.20. The van der Waals surface area contributed by atoms with Gasteiger partial charge < -0.3 is 0 Å². The molecule has 7 heteroatoms. The summed E-state index contributed by atoms with van der Waals surface area (Å²) in [6.45, 7) is 0. The minimum absolute atomic E-state index is 0.00697. The van der Waals surface area contributed by atoms with E-state index in [-0.39, 0.29) is 9.92 Å². The fraction of sp³-hybridized carbons (Fsp3) is 0.0769. The van der Waals surface area contributed by atoms with E-state index in [0.29, 0.717) is 10.7 Å². The Kier molecular flexibility index (Phi) is 4.22. The molecule has 106 valence electrons. The Morgan fingerprint density at radius 3 is 2.15 bits per heavy atom. The molecular weight excluding hydrogens is 324 g/mol. The largest absolute Gasteiger partial charge is 0.269 e. The molecule has 0 N–H and O–H groups in total. The highest BCUT2D eigenvalue weighted by atomic mass is 35.5. The van der Waals surface area contributed by atoms with Crippen LogP contribution in [-0.4, -0.2) is 15.5 Å². The normalized spacial score (nSPS) is 11.4. The van der Waals surface area contributed by atoms with Gasteiger partial charge in [0.15, 0.2) is 0 Å². The van der Waals surface area contributed by atoms with E-state index in [2.05, 4.69) is 0 Å². The zero-order valence-corrected chi connectivity index (χ0v) is 12.7. The van der Waals surface area contributed by atoms with Crippen LogP contribution in [0.2, 0.25) is 10.0 Å². The van der Waals surface area contributed by atoms with Crippen LogP contribution in [0.3, 0.4) is 0 Å². The van der Waals surface area contributed by atoms with Crippen LogP contribution in [0.1, 0.15) is 0 Å². The van der Waals surface area contributed by atoms with E-state index in [9.17, 15) is 12.8 Å². The Balaban J connectivity index is 2.42. The van der Waals surface area contributed by atoms with Crippen LogP contribution >= 0.6 is 23.2 Å². The molecule has 2 aromatic carbocycles. The molecule has 0 aromatic heterocycles. The predicted octanol–water partition coefficient (Wildman–Crippen LogP) is 3.96. The van der Waals surface area contributed by atoms with Crippen molar-refractivity contribution >= 4 is 38.9 Å². The van der Waals surface area contributed by atoms with Crippen molar-refractivity contribution < 1.29 is 12.8 Å². The van der Waals surface area contributed by atoms with Gasteiger partial charge in [-0.3, -0.25) is 4.31 Å². The van der Waals surface area contributed by atoms with Crippen LogP contribution in [0.15, 0.2) is 47.4 Å². The summed E-state index contributed by atoms with van der Waals surface area (Å²) in [7, 11) is -2.39. The molecule has 20 heavy (non-hydrogen) atoms. The van der Waals surface area contributed by atoms with E-state index in [1.807, 2.05) is 0 Å². The van der Waals surface area contributed by atoms with Crippen LogP contribution in [-0.2, 0) is 10.0 Å². The molecule has 2 rings (SSSR count). The number of hydrogen-bond donors (Lipinski definition) is 0. The van der Waals surface area contributed by atoms with E-state index < -0.39 is 15.8 Å². The van der Waals surface area contributed by atoms with Crippen molar-refractivity contribution in [3.8, 4) is 0 Å². The zero-order valence-electron chi connectivity index (χ0n) is 10.3. The first-order valence-corrected chi connectivity index (χ1v) is 7.71. The summed E-state index contributed by atoms with van der Waals surface area (Å²) < 4.78 is 38.6.